The summed E-state index contributed by atoms with van der Waals surface area (Å²) >= 11 is 0. The zero-order chi connectivity index (χ0) is 23.4. The summed E-state index contributed by atoms with van der Waals surface area (Å²) in [6.45, 7) is 2.75. The van der Waals surface area contributed by atoms with E-state index in [1.54, 1.807) is 0 Å². The fourth-order valence-electron chi connectivity index (χ4n) is 3.94. The Labute approximate surface area is 162 Å². The monoisotopic (exact) mass is 462 g/mol. The fraction of sp³-hybridized carbons (Fsp3) is 0.812. The molecule has 3 unspecified atom stereocenters. The zero-order valence-electron chi connectivity index (χ0n) is 14.9. The van der Waals surface area contributed by atoms with Crippen LogP contribution in [-0.2, 0) is 14.3 Å². The zero-order valence-corrected chi connectivity index (χ0v) is 14.9. The van der Waals surface area contributed by atoms with Gasteiger partial charge >= 0.3 is 36.0 Å². The Morgan fingerprint density at radius 3 is 1.93 bits per heavy atom. The molecule has 0 spiro atoms. The van der Waals surface area contributed by atoms with E-state index in [9.17, 15) is 36.2 Å². The second-order valence-corrected chi connectivity index (χ2v) is 7.07. The maximum atomic E-state index is 15.2. The van der Waals surface area contributed by atoms with Crippen LogP contribution in [0.25, 0.3) is 0 Å². The number of halogens is 10. The van der Waals surface area contributed by atoms with E-state index in [-0.39, 0.29) is 25.3 Å². The molecule has 174 valence electrons. The summed E-state index contributed by atoms with van der Waals surface area (Å²) in [7, 11) is 0. The predicted octanol–water partition coefficient (Wildman–Crippen LogP) is 4.52. The summed E-state index contributed by atoms with van der Waals surface area (Å²) < 4.78 is 147. The van der Waals surface area contributed by atoms with E-state index < -0.39 is 66.4 Å². The van der Waals surface area contributed by atoms with Crippen molar-refractivity contribution in [2.24, 2.45) is 5.92 Å². The Kier molecular flexibility index (Phi) is 5.96. The summed E-state index contributed by atoms with van der Waals surface area (Å²) in [5.41, 5.74) is -5.02. The summed E-state index contributed by atoms with van der Waals surface area (Å²) in [5, 5.41) is 9.61. The van der Waals surface area contributed by atoms with Gasteiger partial charge in [-0.05, 0) is 12.8 Å². The van der Waals surface area contributed by atoms with E-state index in [1.807, 2.05) is 0 Å². The Balaban J connectivity index is 2.92. The van der Waals surface area contributed by atoms with Crippen LogP contribution in [0.15, 0.2) is 12.7 Å². The second-order valence-electron chi connectivity index (χ2n) is 7.07. The molecule has 0 bridgehead atoms. The van der Waals surface area contributed by atoms with Gasteiger partial charge in [-0.3, -0.25) is 0 Å². The Morgan fingerprint density at radius 2 is 1.53 bits per heavy atom. The highest BCUT2D eigenvalue weighted by atomic mass is 19.4. The highest BCUT2D eigenvalue weighted by Gasteiger charge is 2.93. The van der Waals surface area contributed by atoms with Gasteiger partial charge in [0.1, 0.15) is 0 Å². The molecule has 2 aliphatic rings. The molecule has 0 amide bonds. The van der Waals surface area contributed by atoms with Crippen molar-refractivity contribution in [1.82, 2.24) is 0 Å². The highest BCUT2D eigenvalue weighted by molar-refractivity contribution is 5.82. The van der Waals surface area contributed by atoms with Crippen LogP contribution in [0.2, 0.25) is 0 Å². The molecule has 1 saturated heterocycles. The number of ether oxygens (including phenoxy) is 2. The van der Waals surface area contributed by atoms with Crippen molar-refractivity contribution < 1.29 is 63.3 Å². The standard InChI is InChI=1S/C16H16F10O4/c1-2-9(27)29-11(8-6-4-3-5-7-8)12(17,18)10(13(19,20)21)30-15(28,14(11,22)23)16(24,25)26/h2,8,10,28H,1,3-7H2. The first-order valence-electron chi connectivity index (χ1n) is 8.55. The first-order chi connectivity index (χ1) is 13.4. The van der Waals surface area contributed by atoms with Crippen LogP contribution in [0.5, 0.6) is 0 Å². The van der Waals surface area contributed by atoms with Gasteiger partial charge in [0.05, 0.1) is 0 Å². The molecule has 1 N–H and O–H groups in total. The molecular weight excluding hydrogens is 446 g/mol. The van der Waals surface area contributed by atoms with Gasteiger partial charge in [0.2, 0.25) is 11.7 Å². The number of hydrogen-bond acceptors (Lipinski definition) is 4. The van der Waals surface area contributed by atoms with Gasteiger partial charge in [0.25, 0.3) is 0 Å². The summed E-state index contributed by atoms with van der Waals surface area (Å²) in [6.07, 6.45) is -19.2. The van der Waals surface area contributed by atoms with Crippen molar-refractivity contribution in [2.45, 2.75) is 73.8 Å². The molecule has 0 aromatic rings. The quantitative estimate of drug-likeness (QED) is 0.381. The van der Waals surface area contributed by atoms with Gasteiger partial charge in [0, 0.05) is 12.0 Å². The molecule has 4 nitrogen and oxygen atoms in total. The van der Waals surface area contributed by atoms with E-state index in [2.05, 4.69) is 16.1 Å². The van der Waals surface area contributed by atoms with Crippen molar-refractivity contribution in [2.75, 3.05) is 0 Å². The van der Waals surface area contributed by atoms with E-state index in [0.29, 0.717) is 0 Å². The third-order valence-corrected chi connectivity index (χ3v) is 5.29. The average Bonchev–Trinajstić information content (AvgIpc) is 2.60. The molecule has 3 atom stereocenters. The van der Waals surface area contributed by atoms with Crippen LogP contribution >= 0.6 is 0 Å². The number of esters is 1. The van der Waals surface area contributed by atoms with Gasteiger partial charge in [-0.1, -0.05) is 25.8 Å². The molecule has 30 heavy (non-hydrogen) atoms. The number of aliphatic hydroxyl groups is 1. The van der Waals surface area contributed by atoms with Crippen molar-refractivity contribution in [3.63, 3.8) is 0 Å². The fourth-order valence-corrected chi connectivity index (χ4v) is 3.94. The van der Waals surface area contributed by atoms with Gasteiger partial charge in [-0.2, -0.15) is 43.9 Å². The lowest BCUT2D eigenvalue weighted by molar-refractivity contribution is -0.538. The Morgan fingerprint density at radius 1 is 1.03 bits per heavy atom. The molecule has 0 aromatic heterocycles. The lowest BCUT2D eigenvalue weighted by atomic mass is 9.65. The number of carbonyl (C=O) groups is 1. The molecule has 14 heteroatoms. The van der Waals surface area contributed by atoms with Crippen LogP contribution in [0.3, 0.4) is 0 Å². The maximum absolute atomic E-state index is 15.2. The third kappa shape index (κ3) is 3.26. The average molecular weight is 462 g/mol. The normalized spacial score (nSPS) is 35.0. The summed E-state index contributed by atoms with van der Waals surface area (Å²) in [4.78, 5) is 11.6. The van der Waals surface area contributed by atoms with E-state index >= 15 is 17.6 Å². The molecule has 1 saturated carbocycles. The number of alkyl halides is 10. The minimum absolute atomic E-state index is 0.0292. The number of rotatable bonds is 3. The van der Waals surface area contributed by atoms with Crippen LogP contribution in [0.4, 0.5) is 43.9 Å². The highest BCUT2D eigenvalue weighted by Crippen LogP contribution is 2.65. The predicted molar refractivity (Wildman–Crippen MR) is 77.4 cm³/mol. The smallest absolute Gasteiger partial charge is 0.442 e. The minimum atomic E-state index is -6.67. The van der Waals surface area contributed by atoms with E-state index in [4.69, 9.17) is 0 Å². The molecule has 2 rings (SSSR count). The van der Waals surface area contributed by atoms with Gasteiger partial charge < -0.3 is 14.6 Å². The van der Waals surface area contributed by atoms with E-state index in [1.165, 1.54) is 0 Å². The molecule has 0 radical (unpaired) electrons. The van der Waals surface area contributed by atoms with E-state index in [0.717, 1.165) is 0 Å². The van der Waals surface area contributed by atoms with Crippen LogP contribution in [0.1, 0.15) is 32.1 Å². The largest absolute Gasteiger partial charge is 0.449 e. The second kappa shape index (κ2) is 7.24. The van der Waals surface area contributed by atoms with Crippen LogP contribution < -0.4 is 0 Å². The minimum Gasteiger partial charge on any atom is -0.442 e. The lowest BCUT2D eigenvalue weighted by Crippen LogP contribution is -2.85. The molecule has 1 aliphatic carbocycles. The van der Waals surface area contributed by atoms with Crippen molar-refractivity contribution in [3.8, 4) is 0 Å². The van der Waals surface area contributed by atoms with Crippen LogP contribution in [-0.4, -0.2) is 52.8 Å². The Hall–Kier alpha value is -1.57. The van der Waals surface area contributed by atoms with Gasteiger partial charge in [-0.15, -0.1) is 0 Å². The molecule has 1 aliphatic heterocycles. The third-order valence-electron chi connectivity index (χ3n) is 5.29. The van der Waals surface area contributed by atoms with Crippen LogP contribution in [0, 0.1) is 5.92 Å². The molecule has 0 aromatic carbocycles. The van der Waals surface area contributed by atoms with Gasteiger partial charge in [0.15, 0.2) is 0 Å². The molecule has 1 heterocycles. The maximum Gasteiger partial charge on any atom is 0.449 e. The summed E-state index contributed by atoms with van der Waals surface area (Å²) in [5.74, 6) is -22.6. The molecular formula is C16H16F10O4. The molecule has 2 fully saturated rings. The first kappa shape index (κ1) is 24.7. The van der Waals surface area contributed by atoms with Crippen molar-refractivity contribution in [3.05, 3.63) is 12.7 Å². The SMILES string of the molecule is C=CC(=O)OC1(C2CCCCC2)C(F)(F)C(C(F)(F)F)OC(O)(C(F)(F)F)C1(F)F. The first-order valence-corrected chi connectivity index (χ1v) is 8.55. The van der Waals surface area contributed by atoms with Crippen molar-refractivity contribution in [1.29, 1.82) is 0 Å². The Bertz CT molecular complexity index is 682. The topological polar surface area (TPSA) is 55.8 Å². The van der Waals surface area contributed by atoms with Gasteiger partial charge in [-0.25, -0.2) is 4.79 Å². The number of hydrogen-bond donors (Lipinski definition) is 1. The number of carbonyl (C=O) groups excluding carboxylic acids is 1. The van der Waals surface area contributed by atoms with Crippen molar-refractivity contribution >= 4 is 5.97 Å². The lowest BCUT2D eigenvalue weighted by Gasteiger charge is -2.58. The summed E-state index contributed by atoms with van der Waals surface area (Å²) in [6, 6.07) is 0.